The number of carbonyl (C=O) groups excluding carboxylic acids is 1. The molecule has 1 aliphatic rings. The number of aromatic amines is 2. The number of H-pyrrole nitrogens is 2. The van der Waals surface area contributed by atoms with E-state index < -0.39 is 0 Å². The zero-order chi connectivity index (χ0) is 17.2. The molecule has 2 aromatic heterocycles. The minimum Gasteiger partial charge on any atom is -0.348 e. The third kappa shape index (κ3) is 3.07. The Morgan fingerprint density at radius 1 is 1.20 bits per heavy atom. The fourth-order valence-electron chi connectivity index (χ4n) is 3.41. The van der Waals surface area contributed by atoms with Gasteiger partial charge in [0.05, 0.1) is 0 Å². The number of amides is 1. The number of hydrogen-bond acceptors (Lipinski definition) is 3. The van der Waals surface area contributed by atoms with Crippen molar-refractivity contribution in [3.05, 3.63) is 59.9 Å². The third-order valence-corrected chi connectivity index (χ3v) is 4.82. The molecule has 1 aromatic carbocycles. The normalized spacial score (nSPS) is 15.5. The van der Waals surface area contributed by atoms with Crippen LogP contribution in [-0.2, 0) is 0 Å². The lowest BCUT2D eigenvalue weighted by atomic mass is 9.96. The second kappa shape index (κ2) is 6.55. The van der Waals surface area contributed by atoms with Gasteiger partial charge in [0.1, 0.15) is 17.3 Å². The number of benzene rings is 1. The lowest BCUT2D eigenvalue weighted by Gasteiger charge is -2.30. The molecule has 3 heterocycles. The van der Waals surface area contributed by atoms with Gasteiger partial charge < -0.3 is 14.9 Å². The molecule has 2 N–H and O–H groups in total. The van der Waals surface area contributed by atoms with E-state index in [0.717, 1.165) is 48.8 Å². The molecule has 6 heteroatoms. The molecule has 0 bridgehead atoms. The minimum atomic E-state index is 0.00817. The summed E-state index contributed by atoms with van der Waals surface area (Å²) >= 11 is 0. The van der Waals surface area contributed by atoms with Crippen molar-refractivity contribution < 1.29 is 4.79 Å². The highest BCUT2D eigenvalue weighted by Crippen LogP contribution is 2.27. The summed E-state index contributed by atoms with van der Waals surface area (Å²) in [7, 11) is 0. The molecular weight excluding hydrogens is 314 g/mol. The third-order valence-electron chi connectivity index (χ3n) is 4.82. The van der Waals surface area contributed by atoms with Crippen LogP contribution in [0.2, 0.25) is 0 Å². The summed E-state index contributed by atoms with van der Waals surface area (Å²) in [5.74, 6) is 2.18. The number of aryl methyl sites for hydroxylation is 1. The number of hydrogen-bond donors (Lipinski definition) is 2. The predicted octanol–water partition coefficient (Wildman–Crippen LogP) is 3.13. The molecule has 0 spiro atoms. The zero-order valence-electron chi connectivity index (χ0n) is 14.2. The molecule has 1 aliphatic heterocycles. The number of carbonyl (C=O) groups is 1. The van der Waals surface area contributed by atoms with E-state index in [1.807, 2.05) is 48.4 Å². The van der Waals surface area contributed by atoms with Gasteiger partial charge in [-0.3, -0.25) is 4.79 Å². The molecule has 0 unspecified atom stereocenters. The van der Waals surface area contributed by atoms with Gasteiger partial charge in [-0.15, -0.1) is 0 Å². The van der Waals surface area contributed by atoms with E-state index >= 15 is 0 Å². The van der Waals surface area contributed by atoms with Crippen molar-refractivity contribution in [1.29, 1.82) is 0 Å². The molecule has 3 aromatic rings. The average Bonchev–Trinajstić information content (AvgIpc) is 3.32. The molecule has 4 rings (SSSR count). The fraction of sp³-hybridized carbons (Fsp3) is 0.316. The summed E-state index contributed by atoms with van der Waals surface area (Å²) in [4.78, 5) is 30.1. The van der Waals surface area contributed by atoms with Crippen molar-refractivity contribution in [2.24, 2.45) is 0 Å². The second-order valence-corrected chi connectivity index (χ2v) is 6.47. The second-order valence-electron chi connectivity index (χ2n) is 6.47. The Labute approximate surface area is 146 Å². The Kier molecular flexibility index (Phi) is 4.09. The van der Waals surface area contributed by atoms with Crippen LogP contribution in [0.25, 0.3) is 11.4 Å². The highest BCUT2D eigenvalue weighted by Gasteiger charge is 2.28. The Morgan fingerprint density at radius 2 is 1.96 bits per heavy atom. The molecule has 1 saturated heterocycles. The van der Waals surface area contributed by atoms with Crippen LogP contribution in [0, 0.1) is 6.92 Å². The van der Waals surface area contributed by atoms with E-state index in [0.29, 0.717) is 11.6 Å². The number of likely N-dealkylation sites (tertiary alicyclic amines) is 1. The Bertz CT molecular complexity index is 845. The maximum atomic E-state index is 12.9. The van der Waals surface area contributed by atoms with Gasteiger partial charge in [0, 0.05) is 42.7 Å². The maximum Gasteiger partial charge on any atom is 0.274 e. The highest BCUT2D eigenvalue weighted by atomic mass is 16.2. The monoisotopic (exact) mass is 335 g/mol. The zero-order valence-corrected chi connectivity index (χ0v) is 14.2. The number of imidazole rings is 2. The summed E-state index contributed by atoms with van der Waals surface area (Å²) in [5.41, 5.74) is 2.33. The maximum absolute atomic E-state index is 12.9. The van der Waals surface area contributed by atoms with Gasteiger partial charge in [0.2, 0.25) is 0 Å². The molecule has 0 saturated carbocycles. The summed E-state index contributed by atoms with van der Waals surface area (Å²) in [5, 5.41) is 0. The highest BCUT2D eigenvalue weighted by molar-refractivity contribution is 5.94. The molecule has 25 heavy (non-hydrogen) atoms. The molecule has 128 valence electrons. The van der Waals surface area contributed by atoms with Crippen LogP contribution in [0.15, 0.2) is 42.7 Å². The predicted molar refractivity (Wildman–Crippen MR) is 95.2 cm³/mol. The molecule has 0 radical (unpaired) electrons. The fourth-order valence-corrected chi connectivity index (χ4v) is 3.41. The Morgan fingerprint density at radius 3 is 2.64 bits per heavy atom. The SMILES string of the molecule is Cc1[nH]c(-c2ccccc2)nc1C(=O)N1CCC(c2ncc[nH]2)CC1. The molecular formula is C19H21N5O. The summed E-state index contributed by atoms with van der Waals surface area (Å²) in [6, 6.07) is 9.87. The van der Waals surface area contributed by atoms with Crippen LogP contribution in [0.1, 0.15) is 40.8 Å². The molecule has 6 nitrogen and oxygen atoms in total. The van der Waals surface area contributed by atoms with Gasteiger partial charge in [-0.25, -0.2) is 9.97 Å². The number of rotatable bonds is 3. The van der Waals surface area contributed by atoms with E-state index in [4.69, 9.17) is 0 Å². The molecule has 0 atom stereocenters. The molecule has 1 fully saturated rings. The van der Waals surface area contributed by atoms with Crippen LogP contribution in [0.5, 0.6) is 0 Å². The number of nitrogens with one attached hydrogen (secondary N) is 2. The standard InChI is InChI=1S/C19H21N5O/c1-13-16(23-18(22-13)14-5-3-2-4-6-14)19(25)24-11-7-15(8-12-24)17-20-9-10-21-17/h2-6,9-10,15H,7-8,11-12H2,1H3,(H,20,21)(H,22,23). The van der Waals surface area contributed by atoms with Gasteiger partial charge >= 0.3 is 0 Å². The van der Waals surface area contributed by atoms with E-state index in [1.165, 1.54) is 0 Å². The Balaban J connectivity index is 1.48. The average molecular weight is 335 g/mol. The van der Waals surface area contributed by atoms with Crippen LogP contribution in [-0.4, -0.2) is 43.8 Å². The summed E-state index contributed by atoms with van der Waals surface area (Å²) < 4.78 is 0. The van der Waals surface area contributed by atoms with Gasteiger partial charge in [-0.1, -0.05) is 30.3 Å². The lowest BCUT2D eigenvalue weighted by molar-refractivity contribution is 0.0705. The summed E-state index contributed by atoms with van der Waals surface area (Å²) in [6.07, 6.45) is 5.48. The first kappa shape index (κ1) is 15.6. The Hall–Kier alpha value is -2.89. The van der Waals surface area contributed by atoms with Crippen molar-refractivity contribution in [3.63, 3.8) is 0 Å². The van der Waals surface area contributed by atoms with Crippen molar-refractivity contribution >= 4 is 5.91 Å². The largest absolute Gasteiger partial charge is 0.348 e. The number of aromatic nitrogens is 4. The van der Waals surface area contributed by atoms with Crippen LogP contribution < -0.4 is 0 Å². The van der Waals surface area contributed by atoms with Crippen LogP contribution in [0.4, 0.5) is 0 Å². The van der Waals surface area contributed by atoms with Gasteiger partial charge in [-0.05, 0) is 19.8 Å². The minimum absolute atomic E-state index is 0.00817. The molecule has 1 amide bonds. The number of piperidine rings is 1. The van der Waals surface area contributed by atoms with Crippen molar-refractivity contribution in [2.45, 2.75) is 25.7 Å². The topological polar surface area (TPSA) is 77.7 Å². The van der Waals surface area contributed by atoms with Gasteiger partial charge in [-0.2, -0.15) is 0 Å². The van der Waals surface area contributed by atoms with Gasteiger partial charge in [0.15, 0.2) is 0 Å². The quantitative estimate of drug-likeness (QED) is 0.772. The number of nitrogens with zero attached hydrogens (tertiary/aromatic N) is 3. The lowest BCUT2D eigenvalue weighted by Crippen LogP contribution is -2.38. The first-order valence-electron chi connectivity index (χ1n) is 8.63. The van der Waals surface area contributed by atoms with Crippen LogP contribution in [0.3, 0.4) is 0 Å². The van der Waals surface area contributed by atoms with E-state index in [-0.39, 0.29) is 5.91 Å². The first-order valence-corrected chi connectivity index (χ1v) is 8.63. The van der Waals surface area contributed by atoms with E-state index in [2.05, 4.69) is 19.9 Å². The van der Waals surface area contributed by atoms with E-state index in [9.17, 15) is 4.79 Å². The van der Waals surface area contributed by atoms with Crippen molar-refractivity contribution in [2.75, 3.05) is 13.1 Å². The van der Waals surface area contributed by atoms with Gasteiger partial charge in [0.25, 0.3) is 5.91 Å². The van der Waals surface area contributed by atoms with Crippen molar-refractivity contribution in [3.8, 4) is 11.4 Å². The van der Waals surface area contributed by atoms with Crippen LogP contribution >= 0.6 is 0 Å². The van der Waals surface area contributed by atoms with E-state index in [1.54, 1.807) is 6.20 Å². The molecule has 0 aliphatic carbocycles. The summed E-state index contributed by atoms with van der Waals surface area (Å²) in [6.45, 7) is 3.37. The smallest absolute Gasteiger partial charge is 0.274 e. The van der Waals surface area contributed by atoms with Crippen molar-refractivity contribution in [1.82, 2.24) is 24.8 Å². The first-order chi connectivity index (χ1) is 12.2.